The molecule has 2 unspecified atom stereocenters. The molecule has 2 heterocycles. The van der Waals surface area contributed by atoms with Crippen LogP contribution in [0.5, 0.6) is 11.5 Å². The van der Waals surface area contributed by atoms with Crippen molar-refractivity contribution in [1.29, 1.82) is 0 Å². The zero-order valence-electron chi connectivity index (χ0n) is 18.9. The van der Waals surface area contributed by atoms with Gasteiger partial charge in [-0.25, -0.2) is 9.78 Å². The standard InChI is InChI=1S/C24H28N2O6S/c1-13-17(30-2)8-14(9-18(13)31-3)23(27)19(32-15-6-4-5-7-15)10-21-26-22-16(24(28)29)11-25-12-20(22)33-21/h8-9,11-12,15,19,23,27H,4-7,10H2,1-3H3,(H,28,29). The Balaban J connectivity index is 1.68. The molecule has 0 saturated heterocycles. The smallest absolute Gasteiger partial charge is 0.339 e. The molecule has 1 aliphatic carbocycles. The van der Waals surface area contributed by atoms with Crippen LogP contribution < -0.4 is 9.47 Å². The SMILES string of the molecule is COc1cc(C(O)C(Cc2nc3c(C(=O)O)cncc3s2)OC2CCCC2)cc(OC)c1C. The highest BCUT2D eigenvalue weighted by molar-refractivity contribution is 7.18. The summed E-state index contributed by atoms with van der Waals surface area (Å²) in [5, 5.41) is 21.5. The summed E-state index contributed by atoms with van der Waals surface area (Å²) in [7, 11) is 3.17. The van der Waals surface area contributed by atoms with Crippen LogP contribution in [0.15, 0.2) is 24.5 Å². The van der Waals surface area contributed by atoms with Crippen LogP contribution in [0.2, 0.25) is 0 Å². The third kappa shape index (κ3) is 4.95. The molecule has 1 aliphatic rings. The number of rotatable bonds is 9. The van der Waals surface area contributed by atoms with Gasteiger partial charge in [0.1, 0.15) is 23.2 Å². The first-order valence-corrected chi connectivity index (χ1v) is 11.8. The molecule has 33 heavy (non-hydrogen) atoms. The molecular weight excluding hydrogens is 444 g/mol. The normalized spacial score (nSPS) is 16.1. The molecule has 176 valence electrons. The lowest BCUT2D eigenvalue weighted by atomic mass is 9.99. The van der Waals surface area contributed by atoms with E-state index in [1.54, 1.807) is 32.5 Å². The number of methoxy groups -OCH3 is 2. The van der Waals surface area contributed by atoms with Crippen LogP contribution >= 0.6 is 11.3 Å². The van der Waals surface area contributed by atoms with Crippen molar-refractivity contribution in [2.24, 2.45) is 0 Å². The van der Waals surface area contributed by atoms with Gasteiger partial charge in [-0.2, -0.15) is 0 Å². The Kier molecular flexibility index (Phi) is 7.11. The van der Waals surface area contributed by atoms with Gasteiger partial charge in [-0.15, -0.1) is 11.3 Å². The summed E-state index contributed by atoms with van der Waals surface area (Å²) in [5.74, 6) is 0.183. The van der Waals surface area contributed by atoms with E-state index >= 15 is 0 Å². The van der Waals surface area contributed by atoms with E-state index in [1.807, 2.05) is 6.92 Å². The van der Waals surface area contributed by atoms with Crippen LogP contribution in [-0.2, 0) is 11.2 Å². The number of aliphatic hydroxyl groups is 1. The number of aliphatic hydroxyl groups excluding tert-OH is 1. The highest BCUT2D eigenvalue weighted by atomic mass is 32.1. The van der Waals surface area contributed by atoms with Crippen molar-refractivity contribution in [3.05, 3.63) is 46.2 Å². The van der Waals surface area contributed by atoms with E-state index in [0.29, 0.717) is 38.7 Å². The number of hydrogen-bond acceptors (Lipinski definition) is 8. The highest BCUT2D eigenvalue weighted by Gasteiger charge is 2.30. The number of pyridine rings is 1. The van der Waals surface area contributed by atoms with Gasteiger partial charge >= 0.3 is 5.97 Å². The van der Waals surface area contributed by atoms with Gasteiger partial charge in [0.15, 0.2) is 0 Å². The molecule has 1 aromatic carbocycles. The van der Waals surface area contributed by atoms with Crippen molar-refractivity contribution in [3.63, 3.8) is 0 Å². The molecule has 4 rings (SSSR count). The van der Waals surface area contributed by atoms with Gasteiger partial charge in [-0.1, -0.05) is 12.8 Å². The van der Waals surface area contributed by atoms with Gasteiger partial charge in [0.25, 0.3) is 0 Å². The molecule has 0 bridgehead atoms. The number of hydrogen-bond donors (Lipinski definition) is 2. The van der Waals surface area contributed by atoms with Crippen molar-refractivity contribution in [3.8, 4) is 11.5 Å². The van der Waals surface area contributed by atoms with Crippen molar-refractivity contribution < 1.29 is 29.2 Å². The van der Waals surface area contributed by atoms with E-state index in [9.17, 15) is 15.0 Å². The van der Waals surface area contributed by atoms with Crippen molar-refractivity contribution in [2.45, 2.75) is 57.3 Å². The average Bonchev–Trinajstić information content (AvgIpc) is 3.47. The first-order valence-electron chi connectivity index (χ1n) is 10.9. The van der Waals surface area contributed by atoms with Gasteiger partial charge in [-0.3, -0.25) is 4.98 Å². The van der Waals surface area contributed by atoms with Gasteiger partial charge in [0, 0.05) is 24.4 Å². The monoisotopic (exact) mass is 472 g/mol. The summed E-state index contributed by atoms with van der Waals surface area (Å²) in [4.78, 5) is 20.1. The van der Waals surface area contributed by atoms with Crippen molar-refractivity contribution in [2.75, 3.05) is 14.2 Å². The second kappa shape index (κ2) is 10.0. The topological polar surface area (TPSA) is 111 Å². The quantitative estimate of drug-likeness (QED) is 0.474. The minimum Gasteiger partial charge on any atom is -0.496 e. The maximum Gasteiger partial charge on any atom is 0.339 e. The number of aromatic nitrogens is 2. The number of thiazole rings is 1. The number of carboxylic acids is 1. The molecule has 0 amide bonds. The van der Waals surface area contributed by atoms with Crippen LogP contribution in [0.1, 0.15) is 58.3 Å². The summed E-state index contributed by atoms with van der Waals surface area (Å²) in [6.45, 7) is 1.90. The summed E-state index contributed by atoms with van der Waals surface area (Å²) < 4.78 is 18.0. The van der Waals surface area contributed by atoms with E-state index in [0.717, 1.165) is 31.2 Å². The van der Waals surface area contributed by atoms with Gasteiger partial charge in [0.2, 0.25) is 0 Å². The molecule has 0 radical (unpaired) electrons. The van der Waals surface area contributed by atoms with Gasteiger partial charge in [0.05, 0.1) is 41.7 Å². The van der Waals surface area contributed by atoms with Crippen LogP contribution in [0.25, 0.3) is 10.2 Å². The molecule has 2 aromatic heterocycles. The number of carbonyl (C=O) groups is 1. The van der Waals surface area contributed by atoms with Crippen LogP contribution in [0, 0.1) is 6.92 Å². The molecular formula is C24H28N2O6S. The zero-order valence-corrected chi connectivity index (χ0v) is 19.7. The maximum absolute atomic E-state index is 11.6. The van der Waals surface area contributed by atoms with Crippen LogP contribution in [-0.4, -0.2) is 52.6 Å². The van der Waals surface area contributed by atoms with E-state index in [-0.39, 0.29) is 11.7 Å². The van der Waals surface area contributed by atoms with E-state index in [1.165, 1.54) is 17.5 Å². The second-order valence-corrected chi connectivity index (χ2v) is 9.34. The van der Waals surface area contributed by atoms with E-state index < -0.39 is 18.2 Å². The van der Waals surface area contributed by atoms with E-state index in [4.69, 9.17) is 14.2 Å². The maximum atomic E-state index is 11.6. The first kappa shape index (κ1) is 23.4. The third-order valence-corrected chi connectivity index (χ3v) is 7.10. The Bertz CT molecular complexity index is 1120. The summed E-state index contributed by atoms with van der Waals surface area (Å²) >= 11 is 1.37. The summed E-state index contributed by atoms with van der Waals surface area (Å²) in [5.41, 5.74) is 1.96. The zero-order chi connectivity index (χ0) is 23.5. The van der Waals surface area contributed by atoms with Crippen molar-refractivity contribution in [1.82, 2.24) is 9.97 Å². The number of carboxylic acid groups (broad SMARTS) is 1. The fraction of sp³-hybridized carbons (Fsp3) is 0.458. The molecule has 2 atom stereocenters. The number of fused-ring (bicyclic) bond motifs is 1. The molecule has 0 spiro atoms. The van der Waals surface area contributed by atoms with Gasteiger partial charge < -0.3 is 24.4 Å². The van der Waals surface area contributed by atoms with E-state index in [2.05, 4.69) is 9.97 Å². The van der Waals surface area contributed by atoms with Crippen LogP contribution in [0.3, 0.4) is 0 Å². The first-order chi connectivity index (χ1) is 15.9. The molecule has 0 aliphatic heterocycles. The number of ether oxygens (including phenoxy) is 3. The van der Waals surface area contributed by atoms with Gasteiger partial charge in [-0.05, 0) is 37.5 Å². The Hall–Kier alpha value is -2.75. The predicted molar refractivity (Wildman–Crippen MR) is 124 cm³/mol. The third-order valence-electron chi connectivity index (χ3n) is 6.09. The largest absolute Gasteiger partial charge is 0.496 e. The summed E-state index contributed by atoms with van der Waals surface area (Å²) in [6.07, 6.45) is 5.95. The molecule has 3 aromatic rings. The lowest BCUT2D eigenvalue weighted by molar-refractivity contribution is -0.0753. The van der Waals surface area contributed by atoms with Crippen molar-refractivity contribution >= 4 is 27.5 Å². The Morgan fingerprint density at radius 1 is 1.18 bits per heavy atom. The number of aromatic carboxylic acids is 1. The Morgan fingerprint density at radius 2 is 1.85 bits per heavy atom. The fourth-order valence-electron chi connectivity index (χ4n) is 4.31. The molecule has 8 nitrogen and oxygen atoms in total. The second-order valence-electron chi connectivity index (χ2n) is 8.23. The molecule has 9 heteroatoms. The number of benzene rings is 1. The molecule has 2 N–H and O–H groups in total. The highest BCUT2D eigenvalue weighted by Crippen LogP contribution is 2.36. The molecule has 1 saturated carbocycles. The number of nitrogens with zero attached hydrogens (tertiary/aromatic N) is 2. The Morgan fingerprint density at radius 3 is 2.45 bits per heavy atom. The Labute approximate surface area is 196 Å². The predicted octanol–water partition coefficient (Wildman–Crippen LogP) is 4.32. The lowest BCUT2D eigenvalue weighted by Gasteiger charge is -2.27. The fourth-order valence-corrected chi connectivity index (χ4v) is 5.32. The lowest BCUT2D eigenvalue weighted by Crippen LogP contribution is -2.29. The van der Waals surface area contributed by atoms with Crippen LogP contribution in [0.4, 0.5) is 0 Å². The average molecular weight is 473 g/mol. The minimum atomic E-state index is -1.07. The minimum absolute atomic E-state index is 0.0665. The molecule has 1 fully saturated rings. The summed E-state index contributed by atoms with van der Waals surface area (Å²) in [6, 6.07) is 3.61.